The SMILES string of the molecule is C[C@@H](CCO)NCC1(c2ccccc2F)CCCC1. The lowest BCUT2D eigenvalue weighted by molar-refractivity contribution is 0.261. The van der Waals surface area contributed by atoms with Gasteiger partial charge in [0.25, 0.3) is 0 Å². The van der Waals surface area contributed by atoms with E-state index in [9.17, 15) is 4.39 Å². The number of nitrogens with one attached hydrogen (secondary N) is 1. The van der Waals surface area contributed by atoms with Gasteiger partial charge in [0, 0.05) is 24.6 Å². The Hall–Kier alpha value is -0.930. The molecule has 1 fully saturated rings. The smallest absolute Gasteiger partial charge is 0.127 e. The number of aliphatic hydroxyl groups excluding tert-OH is 1. The largest absolute Gasteiger partial charge is 0.396 e. The Kier molecular flexibility index (Phi) is 4.94. The van der Waals surface area contributed by atoms with Crippen molar-refractivity contribution >= 4 is 0 Å². The highest BCUT2D eigenvalue weighted by molar-refractivity contribution is 5.29. The van der Waals surface area contributed by atoms with Gasteiger partial charge in [-0.15, -0.1) is 0 Å². The van der Waals surface area contributed by atoms with Crippen LogP contribution in [0.4, 0.5) is 4.39 Å². The van der Waals surface area contributed by atoms with Gasteiger partial charge in [-0.05, 0) is 37.8 Å². The van der Waals surface area contributed by atoms with E-state index in [4.69, 9.17) is 5.11 Å². The lowest BCUT2D eigenvalue weighted by Gasteiger charge is -2.32. The summed E-state index contributed by atoms with van der Waals surface area (Å²) in [5, 5.41) is 12.4. The molecule has 0 spiro atoms. The number of halogens is 1. The molecule has 0 unspecified atom stereocenters. The monoisotopic (exact) mass is 265 g/mol. The topological polar surface area (TPSA) is 32.3 Å². The van der Waals surface area contributed by atoms with Crippen LogP contribution >= 0.6 is 0 Å². The Morgan fingerprint density at radius 2 is 2.00 bits per heavy atom. The van der Waals surface area contributed by atoms with E-state index < -0.39 is 0 Å². The van der Waals surface area contributed by atoms with Crippen molar-refractivity contribution in [1.29, 1.82) is 0 Å². The van der Waals surface area contributed by atoms with Crippen molar-refractivity contribution in [3.05, 3.63) is 35.6 Å². The minimum absolute atomic E-state index is 0.0605. The van der Waals surface area contributed by atoms with Gasteiger partial charge in [-0.1, -0.05) is 31.0 Å². The second kappa shape index (κ2) is 6.49. The molecule has 2 rings (SSSR count). The minimum Gasteiger partial charge on any atom is -0.396 e. The molecule has 0 aromatic heterocycles. The molecule has 0 amide bonds. The highest BCUT2D eigenvalue weighted by atomic mass is 19.1. The molecule has 2 nitrogen and oxygen atoms in total. The molecule has 106 valence electrons. The summed E-state index contributed by atoms with van der Waals surface area (Å²) < 4.78 is 14.1. The van der Waals surface area contributed by atoms with Crippen LogP contribution in [-0.4, -0.2) is 24.3 Å². The van der Waals surface area contributed by atoms with Crippen LogP contribution < -0.4 is 5.32 Å². The second-order valence-electron chi connectivity index (χ2n) is 5.76. The third kappa shape index (κ3) is 3.34. The molecule has 1 atom stereocenters. The number of rotatable bonds is 6. The van der Waals surface area contributed by atoms with Crippen LogP contribution in [0.3, 0.4) is 0 Å². The predicted molar refractivity (Wildman–Crippen MR) is 75.7 cm³/mol. The summed E-state index contributed by atoms with van der Waals surface area (Å²) in [6, 6.07) is 7.44. The Morgan fingerprint density at radius 1 is 1.32 bits per heavy atom. The maximum absolute atomic E-state index is 14.1. The van der Waals surface area contributed by atoms with Crippen LogP contribution in [-0.2, 0) is 5.41 Å². The first kappa shape index (κ1) is 14.5. The molecular weight excluding hydrogens is 241 g/mol. The Balaban J connectivity index is 2.12. The van der Waals surface area contributed by atoms with Crippen LogP contribution in [0.2, 0.25) is 0 Å². The molecule has 1 aliphatic rings. The summed E-state index contributed by atoms with van der Waals surface area (Å²) in [5.41, 5.74) is 0.797. The lowest BCUT2D eigenvalue weighted by Crippen LogP contribution is -2.40. The molecule has 2 N–H and O–H groups in total. The van der Waals surface area contributed by atoms with E-state index in [0.717, 1.165) is 31.4 Å². The zero-order valence-corrected chi connectivity index (χ0v) is 11.7. The van der Waals surface area contributed by atoms with Crippen LogP contribution in [0.25, 0.3) is 0 Å². The van der Waals surface area contributed by atoms with Crippen LogP contribution in [0.5, 0.6) is 0 Å². The summed E-state index contributed by atoms with van der Waals surface area (Å²) in [5.74, 6) is -0.0824. The first-order valence-corrected chi connectivity index (χ1v) is 7.27. The summed E-state index contributed by atoms with van der Waals surface area (Å²) >= 11 is 0. The van der Waals surface area contributed by atoms with Crippen molar-refractivity contribution in [2.24, 2.45) is 0 Å². The Morgan fingerprint density at radius 3 is 2.63 bits per heavy atom. The number of aliphatic hydroxyl groups is 1. The quantitative estimate of drug-likeness (QED) is 0.828. The molecule has 0 saturated heterocycles. The fourth-order valence-electron chi connectivity index (χ4n) is 3.15. The maximum atomic E-state index is 14.1. The van der Waals surface area contributed by atoms with Gasteiger partial charge in [0.2, 0.25) is 0 Å². The van der Waals surface area contributed by atoms with Crippen LogP contribution in [0.1, 0.15) is 44.6 Å². The Labute approximate surface area is 115 Å². The lowest BCUT2D eigenvalue weighted by atomic mass is 9.78. The number of benzene rings is 1. The minimum atomic E-state index is -0.0824. The van der Waals surface area contributed by atoms with E-state index in [1.807, 2.05) is 12.1 Å². The van der Waals surface area contributed by atoms with E-state index in [2.05, 4.69) is 12.2 Å². The molecule has 1 aliphatic carbocycles. The number of hydrogen-bond acceptors (Lipinski definition) is 2. The zero-order chi connectivity index (χ0) is 13.7. The van der Waals surface area contributed by atoms with Crippen LogP contribution in [0.15, 0.2) is 24.3 Å². The van der Waals surface area contributed by atoms with Crippen molar-refractivity contribution < 1.29 is 9.50 Å². The highest BCUT2D eigenvalue weighted by Gasteiger charge is 2.37. The first-order chi connectivity index (χ1) is 9.18. The third-order valence-electron chi connectivity index (χ3n) is 4.36. The normalized spacial score (nSPS) is 19.5. The Bertz CT molecular complexity index is 401. The molecule has 1 saturated carbocycles. The molecule has 19 heavy (non-hydrogen) atoms. The van der Waals surface area contributed by atoms with Crippen molar-refractivity contribution in [3.8, 4) is 0 Å². The summed E-state index contributed by atoms with van der Waals surface area (Å²) in [6.07, 6.45) is 5.18. The fraction of sp³-hybridized carbons (Fsp3) is 0.625. The second-order valence-corrected chi connectivity index (χ2v) is 5.76. The average Bonchev–Trinajstić information content (AvgIpc) is 2.87. The van der Waals surface area contributed by atoms with Crippen molar-refractivity contribution in [2.75, 3.05) is 13.2 Å². The summed E-state index contributed by atoms with van der Waals surface area (Å²) in [7, 11) is 0. The van der Waals surface area contributed by atoms with E-state index in [0.29, 0.717) is 0 Å². The van der Waals surface area contributed by atoms with E-state index in [1.54, 1.807) is 12.1 Å². The van der Waals surface area contributed by atoms with Crippen molar-refractivity contribution in [2.45, 2.75) is 50.5 Å². The maximum Gasteiger partial charge on any atom is 0.127 e. The molecule has 0 heterocycles. The van der Waals surface area contributed by atoms with Gasteiger partial charge in [-0.3, -0.25) is 0 Å². The number of hydrogen-bond donors (Lipinski definition) is 2. The van der Waals surface area contributed by atoms with E-state index in [1.165, 1.54) is 12.8 Å². The molecule has 0 bridgehead atoms. The van der Waals surface area contributed by atoms with Crippen molar-refractivity contribution in [3.63, 3.8) is 0 Å². The van der Waals surface area contributed by atoms with Gasteiger partial charge in [-0.2, -0.15) is 0 Å². The third-order valence-corrected chi connectivity index (χ3v) is 4.36. The molecule has 3 heteroatoms. The van der Waals surface area contributed by atoms with Gasteiger partial charge in [0.05, 0.1) is 0 Å². The zero-order valence-electron chi connectivity index (χ0n) is 11.7. The summed E-state index contributed by atoms with van der Waals surface area (Å²) in [6.45, 7) is 3.07. The van der Waals surface area contributed by atoms with Crippen LogP contribution in [0, 0.1) is 5.82 Å². The predicted octanol–water partition coefficient (Wildman–Crippen LogP) is 3.00. The van der Waals surface area contributed by atoms with Gasteiger partial charge >= 0.3 is 0 Å². The van der Waals surface area contributed by atoms with E-state index >= 15 is 0 Å². The summed E-state index contributed by atoms with van der Waals surface area (Å²) in [4.78, 5) is 0. The van der Waals surface area contributed by atoms with Crippen molar-refractivity contribution in [1.82, 2.24) is 5.32 Å². The highest BCUT2D eigenvalue weighted by Crippen LogP contribution is 2.41. The molecule has 1 aromatic carbocycles. The fourth-order valence-corrected chi connectivity index (χ4v) is 3.15. The first-order valence-electron chi connectivity index (χ1n) is 7.27. The molecule has 0 aliphatic heterocycles. The van der Waals surface area contributed by atoms with E-state index in [-0.39, 0.29) is 23.9 Å². The molecular formula is C16H24FNO. The van der Waals surface area contributed by atoms with Gasteiger partial charge < -0.3 is 10.4 Å². The standard InChI is InChI=1S/C16H24FNO/c1-13(8-11-19)18-12-16(9-4-5-10-16)14-6-2-3-7-15(14)17/h2-3,6-7,13,18-19H,4-5,8-12H2,1H3/t13-/m0/s1. The molecule has 0 radical (unpaired) electrons. The van der Waals surface area contributed by atoms with Gasteiger partial charge in [-0.25, -0.2) is 4.39 Å². The van der Waals surface area contributed by atoms with Gasteiger partial charge in [0.1, 0.15) is 5.82 Å². The molecule has 1 aromatic rings. The average molecular weight is 265 g/mol. The van der Waals surface area contributed by atoms with Gasteiger partial charge in [0.15, 0.2) is 0 Å².